The highest BCUT2D eigenvalue weighted by Gasteiger charge is 2.50. The molecule has 1 aliphatic heterocycles. The zero-order chi connectivity index (χ0) is 17.5. The second-order valence-corrected chi connectivity index (χ2v) is 6.98. The number of carbonyl (C=O) groups excluding carboxylic acids is 2. The van der Waals surface area contributed by atoms with Crippen LogP contribution in [0.15, 0.2) is 29.3 Å². The zero-order valence-corrected chi connectivity index (χ0v) is 14.2. The highest BCUT2D eigenvalue weighted by Crippen LogP contribution is 2.45. The van der Waals surface area contributed by atoms with E-state index in [2.05, 4.69) is 12.2 Å². The van der Waals surface area contributed by atoms with Crippen molar-refractivity contribution in [1.29, 1.82) is 0 Å². The van der Waals surface area contributed by atoms with Crippen molar-refractivity contribution < 1.29 is 18.7 Å². The second-order valence-electron chi connectivity index (χ2n) is 6.98. The summed E-state index contributed by atoms with van der Waals surface area (Å²) in [4.78, 5) is 25.0. The van der Waals surface area contributed by atoms with Crippen molar-refractivity contribution in [2.24, 2.45) is 5.92 Å². The Balaban J connectivity index is 1.90. The van der Waals surface area contributed by atoms with E-state index >= 15 is 0 Å². The Morgan fingerprint density at radius 3 is 2.58 bits per heavy atom. The minimum absolute atomic E-state index is 0.331. The first-order valence-electron chi connectivity index (χ1n) is 8.34. The van der Waals surface area contributed by atoms with E-state index in [0.717, 1.165) is 12.8 Å². The molecular formula is C19H22FNO3. The Hall–Kier alpha value is -2.17. The highest BCUT2D eigenvalue weighted by atomic mass is 19.1. The van der Waals surface area contributed by atoms with Crippen LogP contribution in [0.3, 0.4) is 0 Å². The summed E-state index contributed by atoms with van der Waals surface area (Å²) in [6, 6.07) is 4.20. The molecule has 0 saturated heterocycles. The monoisotopic (exact) mass is 331 g/mol. The maximum atomic E-state index is 13.2. The average molecular weight is 331 g/mol. The lowest BCUT2D eigenvalue weighted by molar-refractivity contribution is -0.150. The molecule has 0 aromatic heterocycles. The summed E-state index contributed by atoms with van der Waals surface area (Å²) in [6.07, 6.45) is 3.19. The summed E-state index contributed by atoms with van der Waals surface area (Å²) in [5.74, 6) is -0.523. The van der Waals surface area contributed by atoms with Crippen molar-refractivity contribution >= 4 is 17.6 Å². The number of anilines is 1. The number of amides is 1. The maximum Gasteiger partial charge on any atom is 0.335 e. The number of carbonyl (C=O) groups is 2. The van der Waals surface area contributed by atoms with Gasteiger partial charge in [0.2, 0.25) is 0 Å². The van der Waals surface area contributed by atoms with Crippen LogP contribution < -0.4 is 5.32 Å². The van der Waals surface area contributed by atoms with Crippen LogP contribution in [0, 0.1) is 18.7 Å². The summed E-state index contributed by atoms with van der Waals surface area (Å²) < 4.78 is 18.9. The zero-order valence-electron chi connectivity index (χ0n) is 14.2. The summed E-state index contributed by atoms with van der Waals surface area (Å²) in [5, 5.41) is 2.82. The van der Waals surface area contributed by atoms with Crippen LogP contribution >= 0.6 is 0 Å². The van der Waals surface area contributed by atoms with Crippen molar-refractivity contribution in [2.75, 3.05) is 5.32 Å². The topological polar surface area (TPSA) is 55.4 Å². The molecule has 128 valence electrons. The fourth-order valence-corrected chi connectivity index (χ4v) is 3.66. The largest absolute Gasteiger partial charge is 0.451 e. The van der Waals surface area contributed by atoms with Crippen LogP contribution in [0.25, 0.3) is 0 Å². The third kappa shape index (κ3) is 2.83. The third-order valence-corrected chi connectivity index (χ3v) is 5.17. The quantitative estimate of drug-likeness (QED) is 0.836. The molecule has 5 heteroatoms. The lowest BCUT2D eigenvalue weighted by atomic mass is 9.75. The van der Waals surface area contributed by atoms with E-state index in [1.165, 1.54) is 18.2 Å². The molecule has 1 aliphatic carbocycles. The van der Waals surface area contributed by atoms with E-state index < -0.39 is 11.6 Å². The molecule has 0 radical (unpaired) electrons. The van der Waals surface area contributed by atoms with Gasteiger partial charge in [-0.3, -0.25) is 4.79 Å². The predicted octanol–water partition coefficient (Wildman–Crippen LogP) is 3.89. The fourth-order valence-electron chi connectivity index (χ4n) is 3.66. The summed E-state index contributed by atoms with van der Waals surface area (Å²) in [6.45, 7) is 5.54. The van der Waals surface area contributed by atoms with E-state index in [1.54, 1.807) is 13.8 Å². The first-order valence-corrected chi connectivity index (χ1v) is 8.34. The molecule has 4 nitrogen and oxygen atoms in total. The SMILES string of the molecule is CC1=C(C(=O)Nc2ccc(F)cc2C)C2(CCC(C)CC2)OC1=O. The van der Waals surface area contributed by atoms with Crippen LogP contribution in [-0.4, -0.2) is 17.5 Å². The normalized spacial score (nSPS) is 26.7. The molecule has 1 spiro atoms. The lowest BCUT2D eigenvalue weighted by Crippen LogP contribution is -2.40. The van der Waals surface area contributed by atoms with Crippen molar-refractivity contribution in [3.63, 3.8) is 0 Å². The molecule has 1 aromatic rings. The number of hydrogen-bond acceptors (Lipinski definition) is 3. The van der Waals surface area contributed by atoms with Gasteiger partial charge in [0.15, 0.2) is 0 Å². The molecule has 24 heavy (non-hydrogen) atoms. The molecule has 1 amide bonds. The van der Waals surface area contributed by atoms with Gasteiger partial charge < -0.3 is 10.1 Å². The molecule has 1 N–H and O–H groups in total. The number of ether oxygens (including phenoxy) is 1. The number of aryl methyl sites for hydroxylation is 1. The van der Waals surface area contributed by atoms with Gasteiger partial charge in [-0.25, -0.2) is 9.18 Å². The number of esters is 1. The Morgan fingerprint density at radius 1 is 1.29 bits per heavy atom. The molecule has 1 fully saturated rings. The van der Waals surface area contributed by atoms with Gasteiger partial charge in [0.1, 0.15) is 11.4 Å². The number of hydrogen-bond donors (Lipinski definition) is 1. The number of halogens is 1. The van der Waals surface area contributed by atoms with Gasteiger partial charge >= 0.3 is 5.97 Å². The molecule has 1 saturated carbocycles. The van der Waals surface area contributed by atoms with Crippen LogP contribution in [0.1, 0.15) is 45.1 Å². The van der Waals surface area contributed by atoms with E-state index in [0.29, 0.717) is 41.2 Å². The fraction of sp³-hybridized carbons (Fsp3) is 0.474. The van der Waals surface area contributed by atoms with Crippen molar-refractivity contribution in [2.45, 2.75) is 52.1 Å². The maximum absolute atomic E-state index is 13.2. The van der Waals surface area contributed by atoms with Crippen LogP contribution in [0.2, 0.25) is 0 Å². The molecule has 0 bridgehead atoms. The Kier molecular flexibility index (Phi) is 4.20. The molecule has 3 rings (SSSR count). The Morgan fingerprint density at radius 2 is 1.96 bits per heavy atom. The first-order chi connectivity index (χ1) is 11.3. The van der Waals surface area contributed by atoms with Gasteiger partial charge in [0, 0.05) is 11.3 Å². The van der Waals surface area contributed by atoms with Crippen molar-refractivity contribution in [3.05, 3.63) is 40.7 Å². The predicted molar refractivity (Wildman–Crippen MR) is 88.9 cm³/mol. The molecule has 1 heterocycles. The van der Waals surface area contributed by atoms with Gasteiger partial charge in [-0.05, 0) is 69.2 Å². The van der Waals surface area contributed by atoms with Crippen LogP contribution in [-0.2, 0) is 14.3 Å². The van der Waals surface area contributed by atoms with E-state index in [9.17, 15) is 14.0 Å². The number of benzene rings is 1. The lowest BCUT2D eigenvalue weighted by Gasteiger charge is -2.36. The average Bonchev–Trinajstić information content (AvgIpc) is 2.76. The van der Waals surface area contributed by atoms with Gasteiger partial charge in [-0.1, -0.05) is 6.92 Å². The van der Waals surface area contributed by atoms with Gasteiger partial charge in [0.05, 0.1) is 5.57 Å². The summed E-state index contributed by atoms with van der Waals surface area (Å²) in [7, 11) is 0. The molecule has 2 aliphatic rings. The smallest absolute Gasteiger partial charge is 0.335 e. The van der Waals surface area contributed by atoms with E-state index in [-0.39, 0.29) is 11.7 Å². The minimum Gasteiger partial charge on any atom is -0.451 e. The second kappa shape index (κ2) is 6.04. The van der Waals surface area contributed by atoms with Gasteiger partial charge in [-0.15, -0.1) is 0 Å². The van der Waals surface area contributed by atoms with Crippen molar-refractivity contribution in [1.82, 2.24) is 0 Å². The van der Waals surface area contributed by atoms with Crippen molar-refractivity contribution in [3.8, 4) is 0 Å². The molecule has 0 atom stereocenters. The molecule has 1 aromatic carbocycles. The van der Waals surface area contributed by atoms with Crippen LogP contribution in [0.4, 0.5) is 10.1 Å². The Bertz CT molecular complexity index is 730. The third-order valence-electron chi connectivity index (χ3n) is 5.17. The number of nitrogens with one attached hydrogen (secondary N) is 1. The Labute approximate surface area is 141 Å². The standard InChI is InChI=1S/C19H22FNO3/c1-11-6-8-19(9-7-11)16(13(3)18(23)24-19)17(22)21-15-5-4-14(20)10-12(15)2/h4-5,10-11H,6-9H2,1-3H3,(H,21,22). The summed E-state index contributed by atoms with van der Waals surface area (Å²) in [5.41, 5.74) is 1.19. The molecule has 0 unspecified atom stereocenters. The van der Waals surface area contributed by atoms with E-state index in [1.807, 2.05) is 0 Å². The van der Waals surface area contributed by atoms with E-state index in [4.69, 9.17) is 4.74 Å². The first kappa shape index (κ1) is 16.7. The highest BCUT2D eigenvalue weighted by molar-refractivity contribution is 6.12. The minimum atomic E-state index is -0.800. The molecular weight excluding hydrogens is 309 g/mol. The van der Waals surface area contributed by atoms with Gasteiger partial charge in [-0.2, -0.15) is 0 Å². The van der Waals surface area contributed by atoms with Gasteiger partial charge in [0.25, 0.3) is 5.91 Å². The number of rotatable bonds is 2. The van der Waals surface area contributed by atoms with Crippen LogP contribution in [0.5, 0.6) is 0 Å². The summed E-state index contributed by atoms with van der Waals surface area (Å²) >= 11 is 0.